The first-order valence-corrected chi connectivity index (χ1v) is 5.78. The smallest absolute Gasteiger partial charge is 0.141 e. The number of anilines is 1. The van der Waals surface area contributed by atoms with E-state index < -0.39 is 5.82 Å². The van der Waals surface area contributed by atoms with E-state index in [4.69, 9.17) is 5.26 Å². The molecule has 0 heterocycles. The van der Waals surface area contributed by atoms with Crippen molar-refractivity contribution in [2.24, 2.45) is 0 Å². The molecule has 0 saturated heterocycles. The first-order valence-electron chi connectivity index (χ1n) is 5.78. The number of benzene rings is 2. The zero-order valence-electron chi connectivity index (χ0n) is 10.4. The highest BCUT2D eigenvalue weighted by atomic mass is 19.1. The summed E-state index contributed by atoms with van der Waals surface area (Å²) >= 11 is 0. The highest BCUT2D eigenvalue weighted by Crippen LogP contribution is 2.16. The first-order chi connectivity index (χ1) is 9.10. The second-order valence-electron chi connectivity index (χ2n) is 4.23. The third-order valence-electron chi connectivity index (χ3n) is 2.87. The maximum Gasteiger partial charge on any atom is 0.141 e. The van der Waals surface area contributed by atoms with E-state index in [1.807, 2.05) is 6.92 Å². The van der Waals surface area contributed by atoms with E-state index in [9.17, 15) is 8.78 Å². The van der Waals surface area contributed by atoms with Crippen LogP contribution in [0.1, 0.15) is 16.7 Å². The van der Waals surface area contributed by atoms with Crippen molar-refractivity contribution < 1.29 is 8.78 Å². The summed E-state index contributed by atoms with van der Waals surface area (Å²) in [6.45, 7) is 2.31. The standard InChI is InChI=1S/C15H12F2N2/c1-10-6-13(16)3-2-11(10)9-19-14-4-5-15(17)12(7-14)8-18/h2-7,19H,9H2,1H3. The van der Waals surface area contributed by atoms with Gasteiger partial charge in [0, 0.05) is 12.2 Å². The number of hydrogen-bond donors (Lipinski definition) is 1. The molecule has 0 atom stereocenters. The second kappa shape index (κ2) is 5.49. The van der Waals surface area contributed by atoms with Crippen LogP contribution in [0.2, 0.25) is 0 Å². The Hall–Kier alpha value is -2.41. The SMILES string of the molecule is Cc1cc(F)ccc1CNc1ccc(F)c(C#N)c1. The van der Waals surface area contributed by atoms with Gasteiger partial charge in [0.2, 0.25) is 0 Å². The lowest BCUT2D eigenvalue weighted by Crippen LogP contribution is -2.02. The van der Waals surface area contributed by atoms with Crippen molar-refractivity contribution in [1.82, 2.24) is 0 Å². The number of rotatable bonds is 3. The van der Waals surface area contributed by atoms with E-state index >= 15 is 0 Å². The molecule has 4 heteroatoms. The summed E-state index contributed by atoms with van der Waals surface area (Å²) in [7, 11) is 0. The topological polar surface area (TPSA) is 35.8 Å². The molecular weight excluding hydrogens is 246 g/mol. The lowest BCUT2D eigenvalue weighted by atomic mass is 10.1. The third kappa shape index (κ3) is 3.08. The Labute approximate surface area is 110 Å². The molecule has 0 bridgehead atoms. The molecule has 2 nitrogen and oxygen atoms in total. The maximum absolute atomic E-state index is 13.1. The maximum atomic E-state index is 13.1. The van der Waals surface area contributed by atoms with Crippen LogP contribution in [0, 0.1) is 29.9 Å². The van der Waals surface area contributed by atoms with Gasteiger partial charge in [-0.2, -0.15) is 5.26 Å². The van der Waals surface area contributed by atoms with Gasteiger partial charge in [0.15, 0.2) is 0 Å². The largest absolute Gasteiger partial charge is 0.381 e. The molecule has 0 spiro atoms. The molecule has 2 rings (SSSR count). The zero-order chi connectivity index (χ0) is 13.8. The molecule has 2 aromatic carbocycles. The van der Waals surface area contributed by atoms with Gasteiger partial charge in [0.05, 0.1) is 5.56 Å². The van der Waals surface area contributed by atoms with E-state index in [2.05, 4.69) is 5.32 Å². The quantitative estimate of drug-likeness (QED) is 0.909. The summed E-state index contributed by atoms with van der Waals surface area (Å²) in [4.78, 5) is 0. The minimum atomic E-state index is -0.536. The molecule has 0 fully saturated rings. The molecule has 0 radical (unpaired) electrons. The third-order valence-corrected chi connectivity index (χ3v) is 2.87. The summed E-state index contributed by atoms with van der Waals surface area (Å²) in [5, 5.41) is 11.8. The van der Waals surface area contributed by atoms with Crippen molar-refractivity contribution in [3.8, 4) is 6.07 Å². The minimum absolute atomic E-state index is 0.000767. The molecule has 0 saturated carbocycles. The number of nitrogens with one attached hydrogen (secondary N) is 1. The molecule has 19 heavy (non-hydrogen) atoms. The van der Waals surface area contributed by atoms with Crippen LogP contribution < -0.4 is 5.32 Å². The summed E-state index contributed by atoms with van der Waals surface area (Å²) in [5.74, 6) is -0.805. The number of nitrogens with zero attached hydrogens (tertiary/aromatic N) is 1. The Balaban J connectivity index is 2.13. The lowest BCUT2D eigenvalue weighted by molar-refractivity contribution is 0.623. The summed E-state index contributed by atoms with van der Waals surface area (Å²) in [6.07, 6.45) is 0. The molecule has 0 aliphatic carbocycles. The Bertz CT molecular complexity index is 645. The van der Waals surface area contributed by atoms with Gasteiger partial charge < -0.3 is 5.32 Å². The highest BCUT2D eigenvalue weighted by Gasteiger charge is 2.04. The van der Waals surface area contributed by atoms with Crippen molar-refractivity contribution in [1.29, 1.82) is 5.26 Å². The molecule has 0 amide bonds. The van der Waals surface area contributed by atoms with Crippen LogP contribution in [0.4, 0.5) is 14.5 Å². The summed E-state index contributed by atoms with van der Waals surface area (Å²) in [5.41, 5.74) is 2.45. The number of nitriles is 1. The molecule has 0 aliphatic rings. The van der Waals surface area contributed by atoms with Gasteiger partial charge >= 0.3 is 0 Å². The van der Waals surface area contributed by atoms with Gasteiger partial charge in [-0.25, -0.2) is 8.78 Å². The van der Waals surface area contributed by atoms with E-state index in [0.717, 1.165) is 11.1 Å². The number of halogens is 2. The average molecular weight is 258 g/mol. The predicted octanol–water partition coefficient (Wildman–Crippen LogP) is 3.76. The van der Waals surface area contributed by atoms with Crippen LogP contribution in [-0.4, -0.2) is 0 Å². The predicted molar refractivity (Wildman–Crippen MR) is 69.6 cm³/mol. The van der Waals surface area contributed by atoms with Gasteiger partial charge in [-0.05, 0) is 48.4 Å². The van der Waals surface area contributed by atoms with E-state index in [-0.39, 0.29) is 11.4 Å². The van der Waals surface area contributed by atoms with Crippen LogP contribution in [0.15, 0.2) is 36.4 Å². The summed E-state index contributed by atoms with van der Waals surface area (Å²) in [6, 6.07) is 10.6. The van der Waals surface area contributed by atoms with Crippen LogP contribution >= 0.6 is 0 Å². The Morgan fingerprint density at radius 2 is 1.95 bits per heavy atom. The molecule has 0 unspecified atom stereocenters. The molecule has 0 aliphatic heterocycles. The first kappa shape index (κ1) is 13.0. The second-order valence-corrected chi connectivity index (χ2v) is 4.23. The lowest BCUT2D eigenvalue weighted by Gasteiger charge is -2.09. The van der Waals surface area contributed by atoms with Gasteiger partial charge in [-0.1, -0.05) is 6.07 Å². The van der Waals surface area contributed by atoms with Crippen molar-refractivity contribution in [3.63, 3.8) is 0 Å². The van der Waals surface area contributed by atoms with Crippen LogP contribution in [-0.2, 0) is 6.54 Å². The molecular formula is C15H12F2N2. The average Bonchev–Trinajstić information content (AvgIpc) is 2.39. The van der Waals surface area contributed by atoms with Crippen LogP contribution in [0.5, 0.6) is 0 Å². The van der Waals surface area contributed by atoms with Crippen molar-refractivity contribution in [3.05, 3.63) is 64.7 Å². The van der Waals surface area contributed by atoms with E-state index in [1.54, 1.807) is 18.2 Å². The normalized spacial score (nSPS) is 10.0. The van der Waals surface area contributed by atoms with Crippen molar-refractivity contribution in [2.75, 3.05) is 5.32 Å². The van der Waals surface area contributed by atoms with Crippen LogP contribution in [0.25, 0.3) is 0 Å². The molecule has 1 N–H and O–H groups in total. The molecule has 96 valence electrons. The van der Waals surface area contributed by atoms with E-state index in [1.165, 1.54) is 24.3 Å². The zero-order valence-corrected chi connectivity index (χ0v) is 10.4. The number of aryl methyl sites for hydroxylation is 1. The highest BCUT2D eigenvalue weighted by molar-refractivity contribution is 5.50. The fraction of sp³-hybridized carbons (Fsp3) is 0.133. The Morgan fingerprint density at radius 1 is 1.16 bits per heavy atom. The van der Waals surface area contributed by atoms with Gasteiger partial charge in [0.1, 0.15) is 17.7 Å². The Kier molecular flexibility index (Phi) is 3.76. The fourth-order valence-corrected chi connectivity index (χ4v) is 1.78. The van der Waals surface area contributed by atoms with Gasteiger partial charge in [0.25, 0.3) is 0 Å². The monoisotopic (exact) mass is 258 g/mol. The Morgan fingerprint density at radius 3 is 2.63 bits per heavy atom. The van der Waals surface area contributed by atoms with Crippen LogP contribution in [0.3, 0.4) is 0 Å². The van der Waals surface area contributed by atoms with Crippen molar-refractivity contribution in [2.45, 2.75) is 13.5 Å². The minimum Gasteiger partial charge on any atom is -0.381 e. The molecule has 0 aromatic heterocycles. The van der Waals surface area contributed by atoms with E-state index in [0.29, 0.717) is 12.2 Å². The fourth-order valence-electron chi connectivity index (χ4n) is 1.78. The summed E-state index contributed by atoms with van der Waals surface area (Å²) < 4.78 is 26.1. The molecule has 2 aromatic rings. The number of hydrogen-bond acceptors (Lipinski definition) is 2. The van der Waals surface area contributed by atoms with Gasteiger partial charge in [-0.15, -0.1) is 0 Å². The van der Waals surface area contributed by atoms with Gasteiger partial charge in [-0.3, -0.25) is 0 Å². The van der Waals surface area contributed by atoms with Crippen molar-refractivity contribution >= 4 is 5.69 Å².